The van der Waals surface area contributed by atoms with Crippen LogP contribution in [0.3, 0.4) is 0 Å². The molecule has 1 aliphatic heterocycles. The van der Waals surface area contributed by atoms with Crippen LogP contribution in [0.2, 0.25) is 5.02 Å². The van der Waals surface area contributed by atoms with Crippen molar-refractivity contribution in [3.05, 3.63) is 71.1 Å². The Morgan fingerprint density at radius 2 is 2.07 bits per heavy atom. The Labute approximate surface area is 174 Å². The fraction of sp³-hybridized carbons (Fsp3) is 0.318. The number of rotatable bonds is 6. The SMILES string of the molecule is O=C(COCc1ccccc1)N1CCC[C@@H](c2nc(-c3cccc(Cl)c3)no2)C1. The molecule has 1 saturated heterocycles. The highest BCUT2D eigenvalue weighted by Gasteiger charge is 2.28. The molecule has 29 heavy (non-hydrogen) atoms. The van der Waals surface area contributed by atoms with Crippen molar-refractivity contribution in [3.8, 4) is 11.4 Å². The Bertz CT molecular complexity index is 961. The molecule has 0 N–H and O–H groups in total. The second-order valence-electron chi connectivity index (χ2n) is 7.12. The lowest BCUT2D eigenvalue weighted by molar-refractivity contribution is -0.137. The zero-order chi connectivity index (χ0) is 20.1. The lowest BCUT2D eigenvalue weighted by Gasteiger charge is -2.31. The van der Waals surface area contributed by atoms with Crippen molar-refractivity contribution < 1.29 is 14.1 Å². The molecule has 150 valence electrons. The Balaban J connectivity index is 1.34. The Kier molecular flexibility index (Phi) is 6.22. The summed E-state index contributed by atoms with van der Waals surface area (Å²) in [5.41, 5.74) is 1.86. The summed E-state index contributed by atoms with van der Waals surface area (Å²) in [6.07, 6.45) is 1.80. The third-order valence-electron chi connectivity index (χ3n) is 4.98. The lowest BCUT2D eigenvalue weighted by atomic mass is 9.98. The molecule has 1 fully saturated rings. The lowest BCUT2D eigenvalue weighted by Crippen LogP contribution is -2.41. The molecule has 0 bridgehead atoms. The van der Waals surface area contributed by atoms with Crippen molar-refractivity contribution in [2.75, 3.05) is 19.7 Å². The minimum absolute atomic E-state index is 0.0137. The molecule has 0 radical (unpaired) electrons. The van der Waals surface area contributed by atoms with Crippen LogP contribution in [-0.4, -0.2) is 40.6 Å². The molecule has 1 amide bonds. The summed E-state index contributed by atoms with van der Waals surface area (Å²) in [6, 6.07) is 17.2. The number of likely N-dealkylation sites (tertiary alicyclic amines) is 1. The van der Waals surface area contributed by atoms with E-state index in [1.165, 1.54) is 0 Å². The van der Waals surface area contributed by atoms with Gasteiger partial charge in [0.15, 0.2) is 0 Å². The first-order valence-electron chi connectivity index (χ1n) is 9.68. The van der Waals surface area contributed by atoms with Crippen molar-refractivity contribution in [3.63, 3.8) is 0 Å². The average Bonchev–Trinajstić information content (AvgIpc) is 3.25. The van der Waals surface area contributed by atoms with Crippen LogP contribution in [0.4, 0.5) is 0 Å². The van der Waals surface area contributed by atoms with Crippen molar-refractivity contribution >= 4 is 17.5 Å². The number of aromatic nitrogens is 2. The fourth-order valence-electron chi connectivity index (χ4n) is 3.47. The Morgan fingerprint density at radius 1 is 1.21 bits per heavy atom. The van der Waals surface area contributed by atoms with Crippen LogP contribution in [0.5, 0.6) is 0 Å². The molecule has 0 unspecified atom stereocenters. The number of halogens is 1. The van der Waals surface area contributed by atoms with Crippen molar-refractivity contribution in [1.82, 2.24) is 15.0 Å². The smallest absolute Gasteiger partial charge is 0.248 e. The van der Waals surface area contributed by atoms with Gasteiger partial charge >= 0.3 is 0 Å². The molecule has 1 atom stereocenters. The molecular formula is C22H22ClN3O3. The summed E-state index contributed by atoms with van der Waals surface area (Å²) in [5.74, 6) is 1.09. The van der Waals surface area contributed by atoms with Gasteiger partial charge in [-0.25, -0.2) is 0 Å². The quantitative estimate of drug-likeness (QED) is 0.604. The van der Waals surface area contributed by atoms with Gasteiger partial charge in [0.1, 0.15) is 6.61 Å². The van der Waals surface area contributed by atoms with E-state index < -0.39 is 0 Å². The van der Waals surface area contributed by atoms with E-state index in [1.54, 1.807) is 12.1 Å². The van der Waals surface area contributed by atoms with Crippen molar-refractivity contribution in [1.29, 1.82) is 0 Å². The van der Waals surface area contributed by atoms with E-state index in [4.69, 9.17) is 20.9 Å². The van der Waals surface area contributed by atoms with Gasteiger partial charge in [0.2, 0.25) is 17.6 Å². The topological polar surface area (TPSA) is 68.5 Å². The van der Waals surface area contributed by atoms with Crippen LogP contribution in [0, 0.1) is 0 Å². The number of carbonyl (C=O) groups is 1. The van der Waals surface area contributed by atoms with Gasteiger partial charge < -0.3 is 14.2 Å². The molecule has 4 rings (SSSR count). The number of ether oxygens (including phenoxy) is 1. The van der Waals surface area contributed by atoms with Crippen molar-refractivity contribution in [2.45, 2.75) is 25.4 Å². The van der Waals surface area contributed by atoms with Crippen LogP contribution < -0.4 is 0 Å². The molecule has 6 nitrogen and oxygen atoms in total. The summed E-state index contributed by atoms with van der Waals surface area (Å²) in [6.45, 7) is 1.78. The van der Waals surface area contributed by atoms with E-state index in [0.717, 1.165) is 30.5 Å². The number of nitrogens with zero attached hydrogens (tertiary/aromatic N) is 3. The van der Waals surface area contributed by atoms with Gasteiger partial charge in [0.05, 0.1) is 12.5 Å². The van der Waals surface area contributed by atoms with E-state index >= 15 is 0 Å². The van der Waals surface area contributed by atoms with E-state index in [9.17, 15) is 4.79 Å². The number of piperidine rings is 1. The standard InChI is InChI=1S/C22H22ClN3O3/c23-19-10-4-8-17(12-19)21-24-22(29-25-21)18-9-5-11-26(13-18)20(27)15-28-14-16-6-2-1-3-7-16/h1-4,6-8,10,12,18H,5,9,11,13-15H2/t18-/m1/s1. The van der Waals surface area contributed by atoms with Crippen molar-refractivity contribution in [2.24, 2.45) is 0 Å². The number of carbonyl (C=O) groups excluding carboxylic acids is 1. The van der Waals surface area contributed by atoms with Gasteiger partial charge in [-0.15, -0.1) is 0 Å². The maximum absolute atomic E-state index is 12.5. The Morgan fingerprint density at radius 3 is 2.90 bits per heavy atom. The minimum atomic E-state index is -0.0137. The molecule has 0 aliphatic carbocycles. The highest BCUT2D eigenvalue weighted by Crippen LogP contribution is 2.28. The zero-order valence-corrected chi connectivity index (χ0v) is 16.7. The fourth-order valence-corrected chi connectivity index (χ4v) is 3.66. The number of hydrogen-bond donors (Lipinski definition) is 0. The first-order chi connectivity index (χ1) is 14.2. The van der Waals surface area contributed by atoms with E-state index in [0.29, 0.717) is 29.9 Å². The molecule has 7 heteroatoms. The number of hydrogen-bond acceptors (Lipinski definition) is 5. The van der Waals surface area contributed by atoms with Crippen LogP contribution in [-0.2, 0) is 16.1 Å². The molecule has 0 spiro atoms. The summed E-state index contributed by atoms with van der Waals surface area (Å²) >= 11 is 6.04. The van der Waals surface area contributed by atoms with Gasteiger partial charge in [-0.3, -0.25) is 4.79 Å². The second kappa shape index (κ2) is 9.20. The maximum atomic E-state index is 12.5. The summed E-state index contributed by atoms with van der Waals surface area (Å²) in [5, 5.41) is 4.71. The first-order valence-corrected chi connectivity index (χ1v) is 10.1. The number of benzene rings is 2. The first kappa shape index (κ1) is 19.6. The summed E-state index contributed by atoms with van der Waals surface area (Å²) in [7, 11) is 0. The van der Waals surface area contributed by atoms with Crippen LogP contribution >= 0.6 is 11.6 Å². The molecular weight excluding hydrogens is 390 g/mol. The highest BCUT2D eigenvalue weighted by molar-refractivity contribution is 6.30. The van der Waals surface area contributed by atoms with Crippen LogP contribution in [0.25, 0.3) is 11.4 Å². The molecule has 3 aromatic rings. The van der Waals surface area contributed by atoms with Gasteiger partial charge in [0, 0.05) is 23.7 Å². The molecule has 0 saturated carbocycles. The third-order valence-corrected chi connectivity index (χ3v) is 5.22. The van der Waals surface area contributed by atoms with Crippen LogP contribution in [0.15, 0.2) is 59.1 Å². The van der Waals surface area contributed by atoms with E-state index in [2.05, 4.69) is 10.1 Å². The summed E-state index contributed by atoms with van der Waals surface area (Å²) in [4.78, 5) is 18.9. The second-order valence-corrected chi connectivity index (χ2v) is 7.56. The Hall–Kier alpha value is -2.70. The number of amides is 1. The largest absolute Gasteiger partial charge is 0.367 e. The van der Waals surface area contributed by atoms with Gasteiger partial charge in [-0.2, -0.15) is 4.98 Å². The van der Waals surface area contributed by atoms with Gasteiger partial charge in [-0.1, -0.05) is 59.2 Å². The van der Waals surface area contributed by atoms with Gasteiger partial charge in [-0.05, 0) is 30.5 Å². The predicted molar refractivity (Wildman–Crippen MR) is 109 cm³/mol. The monoisotopic (exact) mass is 411 g/mol. The molecule has 2 heterocycles. The maximum Gasteiger partial charge on any atom is 0.248 e. The third kappa shape index (κ3) is 5.02. The normalized spacial score (nSPS) is 16.7. The minimum Gasteiger partial charge on any atom is -0.367 e. The van der Waals surface area contributed by atoms with Gasteiger partial charge in [0.25, 0.3) is 0 Å². The molecule has 2 aromatic carbocycles. The van der Waals surface area contributed by atoms with Crippen LogP contribution in [0.1, 0.15) is 30.2 Å². The van der Waals surface area contributed by atoms with E-state index in [1.807, 2.05) is 47.4 Å². The predicted octanol–water partition coefficient (Wildman–Crippen LogP) is 4.31. The van der Waals surface area contributed by atoms with E-state index in [-0.39, 0.29) is 18.4 Å². The molecule has 1 aliphatic rings. The summed E-state index contributed by atoms with van der Waals surface area (Å²) < 4.78 is 11.1. The molecule has 1 aromatic heterocycles. The zero-order valence-electron chi connectivity index (χ0n) is 16.0. The average molecular weight is 412 g/mol. The highest BCUT2D eigenvalue weighted by atomic mass is 35.5.